The van der Waals surface area contributed by atoms with E-state index in [0.29, 0.717) is 28.5 Å². The maximum Gasteiger partial charge on any atom is 0.300 e. The molecule has 2 heterocycles. The van der Waals surface area contributed by atoms with Crippen molar-refractivity contribution in [3.05, 3.63) is 88.9 Å². The first-order valence-corrected chi connectivity index (χ1v) is 10.7. The molecule has 33 heavy (non-hydrogen) atoms. The fourth-order valence-corrected chi connectivity index (χ4v) is 4.15. The number of hydrogen-bond donors (Lipinski definition) is 1. The number of aliphatic hydroxyl groups excluding tert-OH is 1. The largest absolute Gasteiger partial charge is 0.507 e. The Kier molecular flexibility index (Phi) is 5.62. The van der Waals surface area contributed by atoms with Gasteiger partial charge in [-0.15, -0.1) is 0 Å². The molecule has 1 aromatic heterocycles. The highest BCUT2D eigenvalue weighted by Gasteiger charge is 2.48. The number of carbonyl (C=O) groups excluding carboxylic acids is 2. The molecule has 2 aromatic carbocycles. The van der Waals surface area contributed by atoms with Gasteiger partial charge in [0, 0.05) is 16.8 Å². The number of Topliss-reactive ketones (excluding diaryl/α,β-unsaturated/α-hetero) is 1. The number of nitrogens with zero attached hydrogens (tertiary/aromatic N) is 1. The van der Waals surface area contributed by atoms with Gasteiger partial charge in [0.15, 0.2) is 0 Å². The molecular weight excluding hydrogens is 418 g/mol. The number of aryl methyl sites for hydroxylation is 1. The number of hydrogen-bond acceptors (Lipinski definition) is 5. The second kappa shape index (κ2) is 8.28. The number of ether oxygens (including phenoxy) is 1. The Morgan fingerprint density at radius 2 is 1.73 bits per heavy atom. The van der Waals surface area contributed by atoms with E-state index in [0.717, 1.165) is 5.56 Å². The van der Waals surface area contributed by atoms with Gasteiger partial charge in [-0.05, 0) is 54.8 Å². The van der Waals surface area contributed by atoms with Gasteiger partial charge in [-0.1, -0.05) is 39.0 Å². The maximum atomic E-state index is 13.2. The van der Waals surface area contributed by atoms with Gasteiger partial charge in [-0.25, -0.2) is 0 Å². The summed E-state index contributed by atoms with van der Waals surface area (Å²) >= 11 is 0. The molecule has 0 saturated carbocycles. The summed E-state index contributed by atoms with van der Waals surface area (Å²) in [5.74, 6) is 0.000603. The summed E-state index contributed by atoms with van der Waals surface area (Å²) in [4.78, 5) is 27.7. The number of para-hydroxylation sites is 1. The molecule has 170 valence electrons. The van der Waals surface area contributed by atoms with Crippen LogP contribution < -0.4 is 9.64 Å². The lowest BCUT2D eigenvalue weighted by Crippen LogP contribution is -2.29. The summed E-state index contributed by atoms with van der Waals surface area (Å²) in [5, 5.41) is 11.4. The van der Waals surface area contributed by atoms with Crippen molar-refractivity contribution in [2.75, 3.05) is 12.0 Å². The molecule has 1 aliphatic rings. The molecule has 1 amide bonds. The predicted molar refractivity (Wildman–Crippen MR) is 126 cm³/mol. The first-order chi connectivity index (χ1) is 15.6. The van der Waals surface area contributed by atoms with Crippen LogP contribution >= 0.6 is 0 Å². The van der Waals surface area contributed by atoms with Crippen molar-refractivity contribution in [2.45, 2.75) is 39.2 Å². The minimum atomic E-state index is -0.888. The molecule has 0 spiro atoms. The lowest BCUT2D eigenvalue weighted by Gasteiger charge is -2.24. The molecule has 0 radical (unpaired) electrons. The summed E-state index contributed by atoms with van der Waals surface area (Å²) in [6, 6.07) is 16.8. The van der Waals surface area contributed by atoms with Crippen LogP contribution in [0.25, 0.3) is 5.76 Å². The monoisotopic (exact) mass is 445 g/mol. The zero-order chi connectivity index (χ0) is 23.9. The molecule has 0 aliphatic carbocycles. The summed E-state index contributed by atoms with van der Waals surface area (Å²) in [6.07, 6.45) is 0. The third kappa shape index (κ3) is 3.93. The molecule has 4 rings (SSSR count). The second-order valence-electron chi connectivity index (χ2n) is 9.12. The number of ketones is 1. The van der Waals surface area contributed by atoms with Gasteiger partial charge in [0.05, 0.1) is 12.7 Å². The van der Waals surface area contributed by atoms with Gasteiger partial charge >= 0.3 is 0 Å². The zero-order valence-corrected chi connectivity index (χ0v) is 19.4. The lowest BCUT2D eigenvalue weighted by atomic mass is 9.84. The third-order valence-corrected chi connectivity index (χ3v) is 5.79. The molecule has 1 fully saturated rings. The molecule has 0 bridgehead atoms. The Labute approximate surface area is 193 Å². The molecular formula is C27H27NO5. The SMILES string of the molecule is COc1ccc(/C(O)=C2/C(=O)C(=O)N(c3ccccc3)C2c2ccc(C)o2)cc1C(C)(C)C. The number of benzene rings is 2. The number of furan rings is 1. The van der Waals surface area contributed by atoms with Crippen molar-refractivity contribution in [1.82, 2.24) is 0 Å². The molecule has 3 aromatic rings. The number of amides is 1. The lowest BCUT2D eigenvalue weighted by molar-refractivity contribution is -0.132. The van der Waals surface area contributed by atoms with Gasteiger partial charge in [0.1, 0.15) is 29.1 Å². The third-order valence-electron chi connectivity index (χ3n) is 5.79. The van der Waals surface area contributed by atoms with Gasteiger partial charge in [0.25, 0.3) is 11.7 Å². The molecule has 6 nitrogen and oxygen atoms in total. The van der Waals surface area contributed by atoms with E-state index in [-0.39, 0.29) is 16.7 Å². The Bertz CT molecular complexity index is 1250. The zero-order valence-electron chi connectivity index (χ0n) is 19.4. The van der Waals surface area contributed by atoms with Crippen LogP contribution in [-0.4, -0.2) is 23.9 Å². The topological polar surface area (TPSA) is 80.0 Å². The Morgan fingerprint density at radius 3 is 2.30 bits per heavy atom. The molecule has 6 heteroatoms. The van der Waals surface area contributed by atoms with Crippen LogP contribution in [0.4, 0.5) is 5.69 Å². The van der Waals surface area contributed by atoms with Crippen LogP contribution in [-0.2, 0) is 15.0 Å². The van der Waals surface area contributed by atoms with Crippen LogP contribution in [0.2, 0.25) is 0 Å². The number of carbonyl (C=O) groups is 2. The minimum absolute atomic E-state index is 0.0109. The van der Waals surface area contributed by atoms with Crippen molar-refractivity contribution in [2.24, 2.45) is 0 Å². The van der Waals surface area contributed by atoms with E-state index in [9.17, 15) is 14.7 Å². The summed E-state index contributed by atoms with van der Waals surface area (Å²) in [6.45, 7) is 7.90. The standard InChI is InChI=1S/C27H27NO5/c1-16-11-13-21(33-16)23-22(25(30)26(31)28(23)18-9-7-6-8-10-18)24(29)17-12-14-20(32-5)19(15-17)27(2,3)4/h6-15,23,29H,1-5H3/b24-22-. The maximum absolute atomic E-state index is 13.2. The van der Waals surface area contributed by atoms with Crippen molar-refractivity contribution < 1.29 is 23.8 Å². The fraction of sp³-hybridized carbons (Fsp3) is 0.259. The minimum Gasteiger partial charge on any atom is -0.507 e. The van der Waals surface area contributed by atoms with Gasteiger partial charge in [0.2, 0.25) is 0 Å². The average molecular weight is 446 g/mol. The number of methoxy groups -OCH3 is 1. The van der Waals surface area contributed by atoms with Crippen molar-refractivity contribution >= 4 is 23.1 Å². The number of aliphatic hydroxyl groups is 1. The van der Waals surface area contributed by atoms with E-state index in [1.807, 2.05) is 26.8 Å². The summed E-state index contributed by atoms with van der Waals surface area (Å²) in [7, 11) is 1.59. The van der Waals surface area contributed by atoms with Crippen molar-refractivity contribution in [3.63, 3.8) is 0 Å². The van der Waals surface area contributed by atoms with E-state index in [1.165, 1.54) is 4.90 Å². The van der Waals surface area contributed by atoms with Crippen molar-refractivity contribution in [3.8, 4) is 5.75 Å². The predicted octanol–water partition coefficient (Wildman–Crippen LogP) is 5.52. The van der Waals surface area contributed by atoms with Crippen molar-refractivity contribution in [1.29, 1.82) is 0 Å². The molecule has 1 aliphatic heterocycles. The van der Waals surface area contributed by atoms with Gasteiger partial charge in [-0.2, -0.15) is 0 Å². The number of anilines is 1. The van der Waals surface area contributed by atoms with Crippen LogP contribution in [0.3, 0.4) is 0 Å². The Balaban J connectivity index is 1.94. The van der Waals surface area contributed by atoms with E-state index in [2.05, 4.69) is 0 Å². The van der Waals surface area contributed by atoms with E-state index in [4.69, 9.17) is 9.15 Å². The Hall–Kier alpha value is -3.80. The van der Waals surface area contributed by atoms with E-state index >= 15 is 0 Å². The van der Waals surface area contributed by atoms with E-state index < -0.39 is 17.7 Å². The van der Waals surface area contributed by atoms with Crippen LogP contribution in [0.1, 0.15) is 49.5 Å². The molecule has 1 atom stereocenters. The first kappa shape index (κ1) is 22.4. The Morgan fingerprint density at radius 1 is 1.03 bits per heavy atom. The molecule has 1 N–H and O–H groups in total. The highest BCUT2D eigenvalue weighted by atomic mass is 16.5. The van der Waals surface area contributed by atoms with E-state index in [1.54, 1.807) is 68.6 Å². The average Bonchev–Trinajstić information content (AvgIpc) is 3.33. The first-order valence-electron chi connectivity index (χ1n) is 10.7. The normalized spacial score (nSPS) is 18.1. The van der Waals surface area contributed by atoms with Crippen LogP contribution in [0, 0.1) is 6.92 Å². The quantitative estimate of drug-likeness (QED) is 0.325. The van der Waals surface area contributed by atoms with Gasteiger partial charge in [-0.3, -0.25) is 14.5 Å². The highest BCUT2D eigenvalue weighted by Crippen LogP contribution is 2.43. The highest BCUT2D eigenvalue weighted by molar-refractivity contribution is 6.51. The summed E-state index contributed by atoms with van der Waals surface area (Å²) in [5.41, 5.74) is 1.57. The van der Waals surface area contributed by atoms with Crippen LogP contribution in [0.5, 0.6) is 5.75 Å². The fourth-order valence-electron chi connectivity index (χ4n) is 4.15. The van der Waals surface area contributed by atoms with Gasteiger partial charge < -0.3 is 14.3 Å². The second-order valence-corrected chi connectivity index (χ2v) is 9.12. The molecule has 1 saturated heterocycles. The summed E-state index contributed by atoms with van der Waals surface area (Å²) < 4.78 is 11.3. The molecule has 1 unspecified atom stereocenters. The smallest absolute Gasteiger partial charge is 0.300 e. The number of rotatable bonds is 4. The van der Waals surface area contributed by atoms with Crippen LogP contribution in [0.15, 0.2) is 70.7 Å².